The summed E-state index contributed by atoms with van der Waals surface area (Å²) in [6.07, 6.45) is 2.31. The van der Waals surface area contributed by atoms with Gasteiger partial charge in [-0.25, -0.2) is 9.18 Å². The monoisotopic (exact) mass is 377 g/mol. The van der Waals surface area contributed by atoms with Crippen LogP contribution in [0.4, 0.5) is 14.9 Å². The van der Waals surface area contributed by atoms with E-state index >= 15 is 0 Å². The molecule has 1 atom stereocenters. The van der Waals surface area contributed by atoms with Crippen LogP contribution in [-0.2, 0) is 17.8 Å². The van der Waals surface area contributed by atoms with Crippen molar-refractivity contribution in [2.24, 2.45) is 0 Å². The van der Waals surface area contributed by atoms with Gasteiger partial charge in [-0.1, -0.05) is 24.3 Å². The Kier molecular flexibility index (Phi) is 4.20. The largest absolute Gasteiger partial charge is 0.447 e. The van der Waals surface area contributed by atoms with Crippen LogP contribution >= 0.6 is 0 Å². The summed E-state index contributed by atoms with van der Waals surface area (Å²) in [5.74, 6) is -0.344. The summed E-state index contributed by atoms with van der Waals surface area (Å²) in [6.45, 7) is 2.55. The Balaban J connectivity index is 1.46. The number of ether oxygens (including phenoxy) is 1. The number of carbonyl (C=O) groups excluding carboxylic acids is 1. The van der Waals surface area contributed by atoms with Gasteiger partial charge in [-0.15, -0.1) is 0 Å². The summed E-state index contributed by atoms with van der Waals surface area (Å²) >= 11 is 0. The van der Waals surface area contributed by atoms with Crippen molar-refractivity contribution >= 4 is 22.7 Å². The first-order valence-corrected chi connectivity index (χ1v) is 9.48. The summed E-state index contributed by atoms with van der Waals surface area (Å²) in [7, 11) is 0. The van der Waals surface area contributed by atoms with Crippen molar-refractivity contribution in [2.75, 3.05) is 18.1 Å². The number of halogens is 1. The average molecular weight is 377 g/mol. The van der Waals surface area contributed by atoms with Crippen molar-refractivity contribution in [3.8, 4) is 0 Å². The van der Waals surface area contributed by atoms with Gasteiger partial charge in [-0.05, 0) is 41.8 Å². The molecule has 28 heavy (non-hydrogen) atoms. The Labute approximate surface area is 162 Å². The van der Waals surface area contributed by atoms with Crippen molar-refractivity contribution in [3.05, 3.63) is 71.7 Å². The summed E-state index contributed by atoms with van der Waals surface area (Å²) in [4.78, 5) is 20.7. The number of para-hydroxylation sites is 1. The minimum atomic E-state index is -0.385. The van der Waals surface area contributed by atoms with Gasteiger partial charge >= 0.3 is 6.09 Å². The lowest BCUT2D eigenvalue weighted by Gasteiger charge is -2.32. The molecule has 142 valence electrons. The third kappa shape index (κ3) is 3.10. The zero-order valence-electron chi connectivity index (χ0n) is 15.3. The predicted molar refractivity (Wildman–Crippen MR) is 104 cm³/mol. The highest BCUT2D eigenvalue weighted by Crippen LogP contribution is 2.32. The molecule has 3 heterocycles. The molecule has 0 N–H and O–H groups in total. The molecule has 2 aliphatic heterocycles. The van der Waals surface area contributed by atoms with Gasteiger partial charge in [0, 0.05) is 31.2 Å². The van der Waals surface area contributed by atoms with E-state index in [1.807, 2.05) is 24.4 Å². The van der Waals surface area contributed by atoms with Crippen molar-refractivity contribution in [2.45, 2.75) is 25.6 Å². The maximum absolute atomic E-state index is 13.9. The number of hydrogen-bond acceptors (Lipinski definition) is 4. The Morgan fingerprint density at radius 1 is 1.18 bits per heavy atom. The normalized spacial score (nSPS) is 19.7. The van der Waals surface area contributed by atoms with Crippen molar-refractivity contribution in [3.63, 3.8) is 0 Å². The lowest BCUT2D eigenvalue weighted by atomic mass is 10.0. The van der Waals surface area contributed by atoms with Crippen LogP contribution in [0, 0.1) is 5.82 Å². The predicted octanol–water partition coefficient (Wildman–Crippen LogP) is 4.11. The third-order valence-corrected chi connectivity index (χ3v) is 5.49. The number of carbonyl (C=O) groups is 1. The highest BCUT2D eigenvalue weighted by Gasteiger charge is 2.37. The van der Waals surface area contributed by atoms with Crippen molar-refractivity contribution < 1.29 is 13.9 Å². The van der Waals surface area contributed by atoms with Gasteiger partial charge in [0.2, 0.25) is 0 Å². The molecule has 0 spiro atoms. The number of hydrogen-bond donors (Lipinski definition) is 0. The van der Waals surface area contributed by atoms with Crippen LogP contribution in [0.2, 0.25) is 0 Å². The lowest BCUT2D eigenvalue weighted by molar-refractivity contribution is 0.177. The second-order valence-corrected chi connectivity index (χ2v) is 7.41. The van der Waals surface area contributed by atoms with Crippen LogP contribution in [-0.4, -0.2) is 35.2 Å². The number of aromatic nitrogens is 1. The van der Waals surface area contributed by atoms with Crippen molar-refractivity contribution in [1.82, 2.24) is 9.88 Å². The Hall–Kier alpha value is -2.99. The van der Waals surface area contributed by atoms with Gasteiger partial charge in [-0.2, -0.15) is 0 Å². The fourth-order valence-electron chi connectivity index (χ4n) is 4.11. The molecule has 5 rings (SSSR count). The minimum absolute atomic E-state index is 0.0643. The minimum Gasteiger partial charge on any atom is -0.447 e. The average Bonchev–Trinajstić information content (AvgIpc) is 3.06. The molecule has 1 saturated heterocycles. The van der Waals surface area contributed by atoms with Crippen LogP contribution < -0.4 is 4.90 Å². The SMILES string of the molecule is O=C1OC[C@@H]2CCN(Cc3cnc4ccccc4c3)Cc3ccc(F)cc3N12. The smallest absolute Gasteiger partial charge is 0.414 e. The van der Waals surface area contributed by atoms with E-state index in [1.165, 1.54) is 12.1 Å². The molecule has 0 aliphatic carbocycles. The fourth-order valence-corrected chi connectivity index (χ4v) is 4.11. The van der Waals surface area contributed by atoms with E-state index in [0.29, 0.717) is 18.8 Å². The zero-order chi connectivity index (χ0) is 19.1. The molecule has 5 nitrogen and oxygen atoms in total. The molecule has 0 unspecified atom stereocenters. The van der Waals surface area contributed by atoms with E-state index in [1.54, 1.807) is 11.0 Å². The van der Waals surface area contributed by atoms with Crippen LogP contribution in [0.1, 0.15) is 17.5 Å². The van der Waals surface area contributed by atoms with Gasteiger partial charge in [-0.3, -0.25) is 14.8 Å². The molecular formula is C22H20FN3O2. The van der Waals surface area contributed by atoms with Gasteiger partial charge in [0.25, 0.3) is 0 Å². The maximum atomic E-state index is 13.9. The van der Waals surface area contributed by atoms with E-state index in [4.69, 9.17) is 4.74 Å². The van der Waals surface area contributed by atoms with E-state index in [2.05, 4.69) is 22.0 Å². The number of anilines is 1. The Morgan fingerprint density at radius 2 is 2.07 bits per heavy atom. The molecule has 1 fully saturated rings. The topological polar surface area (TPSA) is 45.7 Å². The van der Waals surface area contributed by atoms with Crippen LogP contribution in [0.3, 0.4) is 0 Å². The first-order chi connectivity index (χ1) is 13.7. The zero-order valence-corrected chi connectivity index (χ0v) is 15.3. The van der Waals surface area contributed by atoms with Gasteiger partial charge < -0.3 is 4.74 Å². The molecular weight excluding hydrogens is 357 g/mol. The Morgan fingerprint density at radius 3 is 3.00 bits per heavy atom. The molecule has 3 aromatic rings. The number of rotatable bonds is 2. The van der Waals surface area contributed by atoms with E-state index < -0.39 is 0 Å². The Bertz CT molecular complexity index is 1050. The standard InChI is InChI=1S/C22H20FN3O2/c23-18-6-5-17-13-25(8-7-19-14-28-22(27)26(19)21(17)10-18)12-15-9-16-3-1-2-4-20(16)24-11-15/h1-6,9-11,19H,7-8,12-14H2/t19-/m0/s1. The van der Waals surface area contributed by atoms with Gasteiger partial charge in [0.15, 0.2) is 0 Å². The second kappa shape index (κ2) is 6.87. The number of nitrogens with zero attached hydrogens (tertiary/aromatic N) is 3. The highest BCUT2D eigenvalue weighted by atomic mass is 19.1. The fraction of sp³-hybridized carbons (Fsp3) is 0.273. The molecule has 0 saturated carbocycles. The van der Waals surface area contributed by atoms with Crippen molar-refractivity contribution in [1.29, 1.82) is 0 Å². The van der Waals surface area contributed by atoms with Crippen LogP contribution in [0.5, 0.6) is 0 Å². The summed E-state index contributed by atoms with van der Waals surface area (Å²) in [6, 6.07) is 14.8. The molecule has 0 radical (unpaired) electrons. The first-order valence-electron chi connectivity index (χ1n) is 9.48. The lowest BCUT2D eigenvalue weighted by Crippen LogP contribution is -2.40. The number of benzene rings is 2. The second-order valence-electron chi connectivity index (χ2n) is 7.41. The third-order valence-electron chi connectivity index (χ3n) is 5.49. The maximum Gasteiger partial charge on any atom is 0.414 e. The number of cyclic esters (lactones) is 1. The number of pyridine rings is 1. The molecule has 1 aromatic heterocycles. The van der Waals surface area contributed by atoms with Gasteiger partial charge in [0.1, 0.15) is 12.4 Å². The number of amides is 1. The van der Waals surface area contributed by atoms with E-state index in [0.717, 1.165) is 41.5 Å². The van der Waals surface area contributed by atoms with Gasteiger partial charge in [0.05, 0.1) is 17.2 Å². The van der Waals surface area contributed by atoms with E-state index in [-0.39, 0.29) is 18.0 Å². The molecule has 2 aliphatic rings. The number of fused-ring (bicyclic) bond motifs is 4. The summed E-state index contributed by atoms with van der Waals surface area (Å²) in [5, 5.41) is 1.12. The first kappa shape index (κ1) is 17.1. The summed E-state index contributed by atoms with van der Waals surface area (Å²) < 4.78 is 19.2. The highest BCUT2D eigenvalue weighted by molar-refractivity contribution is 5.91. The molecule has 2 aromatic carbocycles. The molecule has 6 heteroatoms. The molecule has 1 amide bonds. The van der Waals surface area contributed by atoms with Crippen LogP contribution in [0.15, 0.2) is 54.7 Å². The molecule has 0 bridgehead atoms. The van der Waals surface area contributed by atoms with Crippen LogP contribution in [0.25, 0.3) is 10.9 Å². The quantitative estimate of drug-likeness (QED) is 0.674. The van der Waals surface area contributed by atoms with E-state index in [9.17, 15) is 9.18 Å². The summed E-state index contributed by atoms with van der Waals surface area (Å²) in [5.41, 5.74) is 3.67.